The fraction of sp³-hybridized carbons (Fsp3) is 0.393. The van der Waals surface area contributed by atoms with Gasteiger partial charge >= 0.3 is 0 Å². The Kier molecular flexibility index (Phi) is 8.01. The van der Waals surface area contributed by atoms with Gasteiger partial charge in [0.25, 0.3) is 5.91 Å². The summed E-state index contributed by atoms with van der Waals surface area (Å²) in [5, 5.41) is 2.12. The average molecular weight is 481 g/mol. The minimum Gasteiger partial charge on any atom is -0.497 e. The van der Waals surface area contributed by atoms with Gasteiger partial charge in [0, 0.05) is 49.1 Å². The molecule has 2 heterocycles. The van der Waals surface area contributed by atoms with Crippen LogP contribution in [0.25, 0.3) is 0 Å². The number of halogens is 1. The number of rotatable bonds is 9. The van der Waals surface area contributed by atoms with Crippen molar-refractivity contribution in [1.82, 2.24) is 9.80 Å². The maximum absolute atomic E-state index is 13.4. The highest BCUT2D eigenvalue weighted by Crippen LogP contribution is 2.35. The highest BCUT2D eigenvalue weighted by atomic mass is 32.1. The van der Waals surface area contributed by atoms with Crippen molar-refractivity contribution in [1.29, 1.82) is 0 Å². The lowest BCUT2D eigenvalue weighted by Gasteiger charge is -2.30. The zero-order valence-electron chi connectivity index (χ0n) is 20.1. The molecule has 3 aromatic rings. The zero-order valence-corrected chi connectivity index (χ0v) is 20.9. The first-order valence-electron chi connectivity index (χ1n) is 11.9. The number of nitrogens with zero attached hydrogens (tertiary/aromatic N) is 2. The highest BCUT2D eigenvalue weighted by Gasteiger charge is 2.36. The molecule has 4 nitrogen and oxygen atoms in total. The second kappa shape index (κ2) is 11.2. The van der Waals surface area contributed by atoms with Gasteiger partial charge in [-0.25, -0.2) is 4.39 Å². The Morgan fingerprint density at radius 1 is 1.12 bits per heavy atom. The number of likely N-dealkylation sites (tertiary alicyclic amines) is 1. The van der Waals surface area contributed by atoms with Gasteiger partial charge in [-0.15, -0.1) is 11.3 Å². The van der Waals surface area contributed by atoms with Crippen LogP contribution in [0.4, 0.5) is 4.39 Å². The van der Waals surface area contributed by atoms with Crippen molar-refractivity contribution in [3.63, 3.8) is 0 Å². The monoisotopic (exact) mass is 480 g/mol. The summed E-state index contributed by atoms with van der Waals surface area (Å²) in [6, 6.07) is 18.5. The number of amides is 1. The van der Waals surface area contributed by atoms with E-state index in [1.807, 2.05) is 17.0 Å². The number of thiophene rings is 1. The first-order chi connectivity index (χ1) is 16.4. The number of carbonyl (C=O) groups is 1. The van der Waals surface area contributed by atoms with Crippen LogP contribution < -0.4 is 4.74 Å². The van der Waals surface area contributed by atoms with Crippen LogP contribution in [0, 0.1) is 17.7 Å². The molecule has 1 saturated heterocycles. The summed E-state index contributed by atoms with van der Waals surface area (Å²) < 4.78 is 18.8. The molecule has 6 heteroatoms. The van der Waals surface area contributed by atoms with Gasteiger partial charge in [0.2, 0.25) is 0 Å². The van der Waals surface area contributed by atoms with Crippen LogP contribution in [-0.2, 0) is 6.54 Å². The summed E-state index contributed by atoms with van der Waals surface area (Å²) in [7, 11) is 1.68. The van der Waals surface area contributed by atoms with Crippen molar-refractivity contribution >= 4 is 17.2 Å². The molecule has 0 aliphatic carbocycles. The van der Waals surface area contributed by atoms with E-state index in [0.717, 1.165) is 25.4 Å². The number of ether oxygens (including phenoxy) is 1. The molecular formula is C28H33FN2O2S. The number of hydrogen-bond donors (Lipinski definition) is 0. The molecule has 0 N–H and O–H groups in total. The molecular weight excluding hydrogens is 447 g/mol. The standard InChI is InChI=1S/C28H33FN2O2S/c1-20(2)15-31(28(32)22-6-10-24(29)11-7-22)17-23-16-30(18-26-5-4-14-34-26)19-27(23)21-8-12-25(33-3)13-9-21/h4-14,20,23,27H,15-19H2,1-3H3. The zero-order chi connectivity index (χ0) is 24.1. The van der Waals surface area contributed by atoms with Gasteiger partial charge in [0.1, 0.15) is 11.6 Å². The Bertz CT molecular complexity index is 1050. The van der Waals surface area contributed by atoms with Crippen LogP contribution in [0.5, 0.6) is 5.75 Å². The molecule has 1 fully saturated rings. The van der Waals surface area contributed by atoms with E-state index in [4.69, 9.17) is 4.74 Å². The lowest BCUT2D eigenvalue weighted by molar-refractivity contribution is 0.0703. The molecule has 0 radical (unpaired) electrons. The predicted octanol–water partition coefficient (Wildman–Crippen LogP) is 5.91. The Labute approximate surface area is 206 Å². The molecule has 1 aromatic heterocycles. The Morgan fingerprint density at radius 2 is 1.85 bits per heavy atom. The van der Waals surface area contributed by atoms with E-state index in [9.17, 15) is 9.18 Å². The van der Waals surface area contributed by atoms with Crippen LogP contribution in [0.15, 0.2) is 66.0 Å². The van der Waals surface area contributed by atoms with Crippen LogP contribution in [0.2, 0.25) is 0 Å². The summed E-state index contributed by atoms with van der Waals surface area (Å²) in [4.78, 5) is 19.2. The molecule has 34 heavy (non-hydrogen) atoms. The number of carbonyl (C=O) groups excluding carboxylic acids is 1. The molecule has 1 aliphatic rings. The third-order valence-corrected chi connectivity index (χ3v) is 7.30. The van der Waals surface area contributed by atoms with Crippen molar-refractivity contribution in [3.8, 4) is 5.75 Å². The van der Waals surface area contributed by atoms with Gasteiger partial charge in [-0.3, -0.25) is 9.69 Å². The summed E-state index contributed by atoms with van der Waals surface area (Å²) in [6.45, 7) is 8.41. The van der Waals surface area contributed by atoms with Crippen molar-refractivity contribution < 1.29 is 13.9 Å². The molecule has 180 valence electrons. The maximum atomic E-state index is 13.4. The van der Waals surface area contributed by atoms with E-state index in [1.54, 1.807) is 30.6 Å². The fourth-order valence-corrected chi connectivity index (χ4v) is 5.61. The molecule has 0 saturated carbocycles. The summed E-state index contributed by atoms with van der Waals surface area (Å²) in [5.41, 5.74) is 1.81. The highest BCUT2D eigenvalue weighted by molar-refractivity contribution is 7.09. The minimum atomic E-state index is -0.327. The molecule has 1 aliphatic heterocycles. The van der Waals surface area contributed by atoms with E-state index >= 15 is 0 Å². The van der Waals surface area contributed by atoms with E-state index in [2.05, 4.69) is 48.4 Å². The minimum absolute atomic E-state index is 0.0288. The molecule has 0 spiro atoms. The number of benzene rings is 2. The maximum Gasteiger partial charge on any atom is 0.253 e. The molecule has 2 atom stereocenters. The summed E-state index contributed by atoms with van der Waals surface area (Å²) in [5.74, 6) is 1.46. The van der Waals surface area contributed by atoms with E-state index in [0.29, 0.717) is 36.4 Å². The van der Waals surface area contributed by atoms with Crippen molar-refractivity contribution in [2.45, 2.75) is 26.3 Å². The molecule has 1 amide bonds. The van der Waals surface area contributed by atoms with Crippen LogP contribution in [0.1, 0.15) is 40.6 Å². The molecule has 2 unspecified atom stereocenters. The van der Waals surface area contributed by atoms with Gasteiger partial charge in [0.05, 0.1) is 7.11 Å². The third-order valence-electron chi connectivity index (χ3n) is 6.44. The van der Waals surface area contributed by atoms with Crippen LogP contribution in [-0.4, -0.2) is 49.0 Å². The topological polar surface area (TPSA) is 32.8 Å². The predicted molar refractivity (Wildman–Crippen MR) is 136 cm³/mol. The quantitative estimate of drug-likeness (QED) is 0.382. The Morgan fingerprint density at radius 3 is 2.47 bits per heavy atom. The normalized spacial score (nSPS) is 18.4. The van der Waals surface area contributed by atoms with Crippen molar-refractivity contribution in [3.05, 3.63) is 87.9 Å². The Hall–Kier alpha value is -2.70. The second-order valence-electron chi connectivity index (χ2n) is 9.52. The summed E-state index contributed by atoms with van der Waals surface area (Å²) >= 11 is 1.79. The van der Waals surface area contributed by atoms with E-state index in [1.165, 1.54) is 22.6 Å². The number of hydrogen-bond acceptors (Lipinski definition) is 4. The Balaban J connectivity index is 1.57. The first-order valence-corrected chi connectivity index (χ1v) is 12.7. The second-order valence-corrected chi connectivity index (χ2v) is 10.6. The van der Waals surface area contributed by atoms with E-state index in [-0.39, 0.29) is 11.7 Å². The van der Waals surface area contributed by atoms with Gasteiger partial charge in [-0.2, -0.15) is 0 Å². The van der Waals surface area contributed by atoms with Gasteiger partial charge in [-0.05, 0) is 65.2 Å². The fourth-order valence-electron chi connectivity index (χ4n) is 4.87. The molecule has 0 bridgehead atoms. The lowest BCUT2D eigenvalue weighted by atomic mass is 9.88. The SMILES string of the molecule is COc1ccc(C2CN(Cc3cccs3)CC2CN(CC(C)C)C(=O)c2ccc(F)cc2)cc1. The first kappa shape index (κ1) is 24.4. The van der Waals surface area contributed by atoms with Crippen LogP contribution in [0.3, 0.4) is 0 Å². The third kappa shape index (κ3) is 6.05. The average Bonchev–Trinajstić information content (AvgIpc) is 3.48. The van der Waals surface area contributed by atoms with Gasteiger partial charge in [-0.1, -0.05) is 32.0 Å². The molecule has 4 rings (SSSR count). The lowest BCUT2D eigenvalue weighted by Crippen LogP contribution is -2.39. The van der Waals surface area contributed by atoms with Crippen LogP contribution >= 0.6 is 11.3 Å². The smallest absolute Gasteiger partial charge is 0.253 e. The van der Waals surface area contributed by atoms with Gasteiger partial charge < -0.3 is 9.64 Å². The summed E-state index contributed by atoms with van der Waals surface area (Å²) in [6.07, 6.45) is 0. The van der Waals surface area contributed by atoms with Gasteiger partial charge in [0.15, 0.2) is 0 Å². The molecule has 2 aromatic carbocycles. The largest absolute Gasteiger partial charge is 0.497 e. The van der Waals surface area contributed by atoms with Crippen molar-refractivity contribution in [2.75, 3.05) is 33.3 Å². The van der Waals surface area contributed by atoms with Crippen molar-refractivity contribution in [2.24, 2.45) is 11.8 Å². The van der Waals surface area contributed by atoms with E-state index < -0.39 is 0 Å². The number of methoxy groups -OCH3 is 1.